The van der Waals surface area contributed by atoms with Crippen LogP contribution in [0.5, 0.6) is 0 Å². The largest absolute Gasteiger partial charge is 0.326 e. The molecule has 7 heteroatoms. The average Bonchev–Trinajstić information content (AvgIpc) is 2.58. The maximum absolute atomic E-state index is 13.1. The highest BCUT2D eigenvalue weighted by atomic mass is 35.5. The van der Waals surface area contributed by atoms with Crippen molar-refractivity contribution < 1.29 is 14.0 Å². The summed E-state index contributed by atoms with van der Waals surface area (Å²) < 4.78 is 13.1. The summed E-state index contributed by atoms with van der Waals surface area (Å²) in [6.07, 6.45) is 0.00827. The number of para-hydroxylation sites is 1. The van der Waals surface area contributed by atoms with E-state index in [0.29, 0.717) is 16.9 Å². The molecule has 0 aliphatic rings. The Kier molecular flexibility index (Phi) is 6.09. The molecule has 0 saturated carbocycles. The molecule has 0 heterocycles. The molecule has 0 aliphatic heterocycles. The van der Waals surface area contributed by atoms with E-state index in [1.165, 1.54) is 24.0 Å². The molecular formula is C18H15ClFN3O2. The molecule has 25 heavy (non-hydrogen) atoms. The van der Waals surface area contributed by atoms with E-state index in [1.807, 2.05) is 6.07 Å². The van der Waals surface area contributed by atoms with E-state index in [2.05, 4.69) is 5.32 Å². The first-order valence-corrected chi connectivity index (χ1v) is 7.82. The number of nitrogens with zero attached hydrogens (tertiary/aromatic N) is 2. The highest BCUT2D eigenvalue weighted by Gasteiger charge is 2.16. The molecule has 0 radical (unpaired) electrons. The summed E-state index contributed by atoms with van der Waals surface area (Å²) in [6.45, 7) is 1.47. The monoisotopic (exact) mass is 359 g/mol. The van der Waals surface area contributed by atoms with Gasteiger partial charge < -0.3 is 10.2 Å². The van der Waals surface area contributed by atoms with Crippen molar-refractivity contribution in [2.45, 2.75) is 13.3 Å². The van der Waals surface area contributed by atoms with Gasteiger partial charge in [-0.1, -0.05) is 23.7 Å². The third-order valence-electron chi connectivity index (χ3n) is 3.46. The Labute approximate surface area is 149 Å². The van der Waals surface area contributed by atoms with Crippen molar-refractivity contribution in [3.05, 3.63) is 58.9 Å². The third kappa shape index (κ3) is 4.78. The molecule has 5 nitrogen and oxygen atoms in total. The Morgan fingerprint density at radius 1 is 1.28 bits per heavy atom. The molecule has 1 N–H and O–H groups in total. The predicted molar refractivity (Wildman–Crippen MR) is 93.8 cm³/mol. The Balaban J connectivity index is 2.06. The minimum absolute atomic E-state index is 0.00827. The number of nitrogens with one attached hydrogen (secondary N) is 1. The summed E-state index contributed by atoms with van der Waals surface area (Å²) in [5.74, 6) is -1.21. The van der Waals surface area contributed by atoms with Gasteiger partial charge in [0.25, 0.3) is 0 Å². The van der Waals surface area contributed by atoms with E-state index in [9.17, 15) is 14.0 Å². The second-order valence-corrected chi connectivity index (χ2v) is 5.63. The van der Waals surface area contributed by atoms with Gasteiger partial charge in [0, 0.05) is 25.6 Å². The van der Waals surface area contributed by atoms with Gasteiger partial charge in [-0.25, -0.2) is 4.39 Å². The van der Waals surface area contributed by atoms with Crippen molar-refractivity contribution >= 4 is 34.8 Å². The third-order valence-corrected chi connectivity index (χ3v) is 3.75. The fraction of sp³-hybridized carbons (Fsp3) is 0.167. The molecule has 0 atom stereocenters. The second-order valence-electron chi connectivity index (χ2n) is 5.23. The fourth-order valence-corrected chi connectivity index (χ4v) is 2.44. The summed E-state index contributed by atoms with van der Waals surface area (Å²) in [6, 6.07) is 12.6. The van der Waals surface area contributed by atoms with E-state index < -0.39 is 5.82 Å². The Hall–Kier alpha value is -2.91. The van der Waals surface area contributed by atoms with Crippen LogP contribution >= 0.6 is 11.6 Å². The van der Waals surface area contributed by atoms with E-state index in [4.69, 9.17) is 16.9 Å². The van der Waals surface area contributed by atoms with Gasteiger partial charge in [-0.05, 0) is 30.3 Å². The first-order valence-electron chi connectivity index (χ1n) is 7.44. The minimum atomic E-state index is -0.574. The van der Waals surface area contributed by atoms with Crippen LogP contribution in [-0.2, 0) is 9.59 Å². The molecule has 0 aromatic heterocycles. The summed E-state index contributed by atoms with van der Waals surface area (Å²) >= 11 is 5.67. The quantitative estimate of drug-likeness (QED) is 0.883. The van der Waals surface area contributed by atoms with Crippen LogP contribution in [0.25, 0.3) is 0 Å². The first-order chi connectivity index (χ1) is 11.9. The van der Waals surface area contributed by atoms with Gasteiger partial charge >= 0.3 is 0 Å². The number of halogens is 2. The lowest BCUT2D eigenvalue weighted by molar-refractivity contribution is -0.117. The molecule has 2 amide bonds. The molecule has 0 bridgehead atoms. The van der Waals surface area contributed by atoms with Crippen molar-refractivity contribution in [2.75, 3.05) is 16.8 Å². The van der Waals surface area contributed by atoms with Gasteiger partial charge in [-0.3, -0.25) is 9.59 Å². The van der Waals surface area contributed by atoms with Crippen LogP contribution in [0.15, 0.2) is 42.5 Å². The Morgan fingerprint density at radius 2 is 2.00 bits per heavy atom. The number of anilines is 2. The maximum Gasteiger partial charge on any atom is 0.226 e. The zero-order valence-corrected chi connectivity index (χ0v) is 14.2. The number of hydrogen-bond acceptors (Lipinski definition) is 3. The number of carbonyl (C=O) groups excluding carboxylic acids is 2. The van der Waals surface area contributed by atoms with E-state index in [1.54, 1.807) is 24.3 Å². The lowest BCUT2D eigenvalue weighted by atomic mass is 10.1. The van der Waals surface area contributed by atoms with E-state index in [0.717, 1.165) is 6.07 Å². The number of amides is 2. The number of nitriles is 1. The standard InChI is InChI=1S/C18H15ClFN3O2/c1-12(24)23(17-5-3-2-4-13(17)11-21)9-8-18(25)22-14-6-7-16(20)15(19)10-14/h2-7,10H,8-9H2,1H3,(H,22,25). The van der Waals surface area contributed by atoms with Crippen LogP contribution < -0.4 is 10.2 Å². The van der Waals surface area contributed by atoms with Crippen molar-refractivity contribution in [2.24, 2.45) is 0 Å². The SMILES string of the molecule is CC(=O)N(CCC(=O)Nc1ccc(F)c(Cl)c1)c1ccccc1C#N. The zero-order valence-electron chi connectivity index (χ0n) is 13.4. The van der Waals surface area contributed by atoms with Crippen LogP contribution in [0.4, 0.5) is 15.8 Å². The zero-order chi connectivity index (χ0) is 18.4. The molecule has 128 valence electrons. The molecule has 2 aromatic carbocycles. The molecule has 2 rings (SSSR count). The number of carbonyl (C=O) groups is 2. The second kappa shape index (κ2) is 8.27. The van der Waals surface area contributed by atoms with Gasteiger partial charge in [-0.15, -0.1) is 0 Å². The summed E-state index contributed by atoms with van der Waals surface area (Å²) in [5.41, 5.74) is 1.17. The van der Waals surface area contributed by atoms with E-state index in [-0.39, 0.29) is 29.8 Å². The van der Waals surface area contributed by atoms with Crippen molar-refractivity contribution in [3.63, 3.8) is 0 Å². The van der Waals surface area contributed by atoms with Crippen LogP contribution in [0.1, 0.15) is 18.9 Å². The predicted octanol–water partition coefficient (Wildman–Crippen LogP) is 3.73. The lowest BCUT2D eigenvalue weighted by Gasteiger charge is -2.22. The highest BCUT2D eigenvalue weighted by Crippen LogP contribution is 2.21. The van der Waals surface area contributed by atoms with Crippen molar-refractivity contribution in [1.82, 2.24) is 0 Å². The summed E-state index contributed by atoms with van der Waals surface area (Å²) in [5, 5.41) is 11.7. The van der Waals surface area contributed by atoms with Gasteiger partial charge in [0.05, 0.1) is 16.3 Å². The van der Waals surface area contributed by atoms with Crippen LogP contribution in [0.3, 0.4) is 0 Å². The molecule has 0 unspecified atom stereocenters. The van der Waals surface area contributed by atoms with Crippen LogP contribution in [0, 0.1) is 17.1 Å². The Morgan fingerprint density at radius 3 is 2.64 bits per heavy atom. The molecule has 2 aromatic rings. The maximum atomic E-state index is 13.1. The number of rotatable bonds is 5. The van der Waals surface area contributed by atoms with E-state index >= 15 is 0 Å². The highest BCUT2D eigenvalue weighted by molar-refractivity contribution is 6.31. The van der Waals surface area contributed by atoms with Gasteiger partial charge in [0.2, 0.25) is 11.8 Å². The minimum Gasteiger partial charge on any atom is -0.326 e. The fourth-order valence-electron chi connectivity index (χ4n) is 2.26. The first kappa shape index (κ1) is 18.4. The van der Waals surface area contributed by atoms with Crippen molar-refractivity contribution in [1.29, 1.82) is 5.26 Å². The lowest BCUT2D eigenvalue weighted by Crippen LogP contribution is -2.32. The van der Waals surface area contributed by atoms with Gasteiger partial charge in [0.15, 0.2) is 0 Å². The molecular weight excluding hydrogens is 345 g/mol. The average molecular weight is 360 g/mol. The number of benzene rings is 2. The smallest absolute Gasteiger partial charge is 0.226 e. The summed E-state index contributed by atoms with van der Waals surface area (Å²) in [7, 11) is 0. The normalized spacial score (nSPS) is 10.0. The molecule has 0 saturated heterocycles. The number of hydrogen-bond donors (Lipinski definition) is 1. The molecule has 0 fully saturated rings. The Bertz CT molecular complexity index is 848. The van der Waals surface area contributed by atoms with Crippen molar-refractivity contribution in [3.8, 4) is 6.07 Å². The van der Waals surface area contributed by atoms with Crippen LogP contribution in [-0.4, -0.2) is 18.4 Å². The topological polar surface area (TPSA) is 73.2 Å². The summed E-state index contributed by atoms with van der Waals surface area (Å²) in [4.78, 5) is 25.3. The molecule has 0 spiro atoms. The molecule has 0 aliphatic carbocycles. The van der Waals surface area contributed by atoms with Gasteiger partial charge in [-0.2, -0.15) is 5.26 Å². The van der Waals surface area contributed by atoms with Gasteiger partial charge in [0.1, 0.15) is 11.9 Å². The van der Waals surface area contributed by atoms with Crippen LogP contribution in [0.2, 0.25) is 5.02 Å².